The molecular weight excluding hydrogens is 710 g/mol. The lowest BCUT2D eigenvalue weighted by Crippen LogP contribution is -2.13. The van der Waals surface area contributed by atoms with Gasteiger partial charge in [-0.25, -0.2) is 0 Å². The van der Waals surface area contributed by atoms with Crippen molar-refractivity contribution in [2.45, 2.75) is 18.5 Å². The molecule has 0 saturated carbocycles. The molecule has 1 unspecified atom stereocenters. The number of alkyl halides is 3. The highest BCUT2D eigenvalue weighted by molar-refractivity contribution is 6.23. The summed E-state index contributed by atoms with van der Waals surface area (Å²) in [7, 11) is 0. The van der Waals surface area contributed by atoms with E-state index in [0.29, 0.717) is 0 Å². The van der Waals surface area contributed by atoms with Crippen LogP contribution in [0.5, 0.6) is 0 Å². The number of fused-ring (bicyclic) bond motifs is 7. The first-order valence-corrected chi connectivity index (χ1v) is 19.3. The molecule has 0 saturated heterocycles. The van der Waals surface area contributed by atoms with Crippen LogP contribution in [0.1, 0.15) is 17.9 Å². The van der Waals surface area contributed by atoms with Crippen molar-refractivity contribution in [2.24, 2.45) is 0 Å². The van der Waals surface area contributed by atoms with E-state index >= 15 is 0 Å². The van der Waals surface area contributed by atoms with Gasteiger partial charge in [0, 0.05) is 27.8 Å². The molecule has 10 aromatic rings. The second-order valence-electron chi connectivity index (χ2n) is 14.9. The number of rotatable bonds is 4. The van der Waals surface area contributed by atoms with E-state index in [1.54, 1.807) is 6.08 Å². The summed E-state index contributed by atoms with van der Waals surface area (Å²) in [5, 5.41) is 11.0. The lowest BCUT2D eigenvalue weighted by atomic mass is 9.81. The van der Waals surface area contributed by atoms with Crippen LogP contribution in [-0.2, 0) is 0 Å². The van der Waals surface area contributed by atoms with E-state index in [4.69, 9.17) is 4.42 Å². The molecule has 1 heterocycles. The zero-order valence-electron chi connectivity index (χ0n) is 30.6. The maximum Gasteiger partial charge on any atom is 0.416 e. The third-order valence-corrected chi connectivity index (χ3v) is 11.8. The molecule has 1 aliphatic carbocycles. The zero-order valence-corrected chi connectivity index (χ0v) is 30.6. The van der Waals surface area contributed by atoms with Crippen LogP contribution in [-0.4, -0.2) is 6.18 Å². The largest absolute Gasteiger partial charge is 0.455 e. The number of furan rings is 1. The Balaban J connectivity index is 1.13. The van der Waals surface area contributed by atoms with Gasteiger partial charge in [-0.05, 0) is 89.5 Å². The molecule has 0 amide bonds. The van der Waals surface area contributed by atoms with Crippen LogP contribution in [0.25, 0.3) is 98.4 Å². The van der Waals surface area contributed by atoms with Crippen LogP contribution in [0.4, 0.5) is 13.2 Å². The maximum atomic E-state index is 13.6. The average molecular weight is 743 g/mol. The smallest absolute Gasteiger partial charge is 0.416 e. The summed E-state index contributed by atoms with van der Waals surface area (Å²) < 4.78 is 47.6. The van der Waals surface area contributed by atoms with Crippen LogP contribution in [0, 0.1) is 0 Å². The standard InChI is InChI=1S/C53H33F3O/c54-53(55,56)35-28-25-33(26-29-35)49-40-19-8-10-21-42(40)51(43-22-11-9-20-41(43)49)45-24-12-23-44-46-31-34(27-30-47(46)57-52(44)45)50-38-17-6-4-15-36(38)48(32-13-2-1-3-14-32)37-16-5-7-18-39(37)50/h1-25,27-31,33H,26H2. The molecule has 0 radical (unpaired) electrons. The van der Waals surface area contributed by atoms with Gasteiger partial charge in [0.25, 0.3) is 0 Å². The number of para-hydroxylation sites is 1. The molecule has 9 aromatic carbocycles. The van der Waals surface area contributed by atoms with Crippen LogP contribution < -0.4 is 0 Å². The van der Waals surface area contributed by atoms with Crippen molar-refractivity contribution in [2.75, 3.05) is 0 Å². The summed E-state index contributed by atoms with van der Waals surface area (Å²) in [4.78, 5) is 0. The van der Waals surface area contributed by atoms with Gasteiger partial charge >= 0.3 is 6.18 Å². The monoisotopic (exact) mass is 742 g/mol. The maximum absolute atomic E-state index is 13.6. The van der Waals surface area contributed by atoms with Gasteiger partial charge in [-0.3, -0.25) is 0 Å². The molecule has 1 aromatic heterocycles. The molecule has 1 nitrogen and oxygen atoms in total. The minimum Gasteiger partial charge on any atom is -0.455 e. The number of halogens is 3. The molecule has 11 rings (SSSR count). The van der Waals surface area contributed by atoms with Gasteiger partial charge in [0.05, 0.1) is 5.57 Å². The fourth-order valence-corrected chi connectivity index (χ4v) is 9.40. The van der Waals surface area contributed by atoms with E-state index < -0.39 is 11.7 Å². The normalized spacial score (nSPS) is 14.7. The highest BCUT2D eigenvalue weighted by Gasteiger charge is 2.34. The van der Waals surface area contributed by atoms with E-state index in [1.165, 1.54) is 50.4 Å². The van der Waals surface area contributed by atoms with Crippen molar-refractivity contribution in [3.05, 3.63) is 193 Å². The zero-order chi connectivity index (χ0) is 38.3. The topological polar surface area (TPSA) is 13.1 Å². The molecular formula is C53H33F3O. The van der Waals surface area contributed by atoms with Gasteiger partial charge in [-0.2, -0.15) is 13.2 Å². The minimum atomic E-state index is -4.37. The predicted molar refractivity (Wildman–Crippen MR) is 231 cm³/mol. The van der Waals surface area contributed by atoms with Gasteiger partial charge in [-0.15, -0.1) is 0 Å². The first-order valence-electron chi connectivity index (χ1n) is 19.3. The second-order valence-corrected chi connectivity index (χ2v) is 14.9. The Bertz CT molecular complexity index is 3200. The van der Waals surface area contributed by atoms with Crippen molar-refractivity contribution in [3.8, 4) is 33.4 Å². The van der Waals surface area contributed by atoms with Gasteiger partial charge in [0.15, 0.2) is 0 Å². The Morgan fingerprint density at radius 2 is 0.965 bits per heavy atom. The Morgan fingerprint density at radius 3 is 1.51 bits per heavy atom. The summed E-state index contributed by atoms with van der Waals surface area (Å²) in [6.45, 7) is 0. The van der Waals surface area contributed by atoms with Gasteiger partial charge in [-0.1, -0.05) is 170 Å². The van der Waals surface area contributed by atoms with E-state index in [1.807, 2.05) is 24.3 Å². The Labute approximate surface area is 326 Å². The van der Waals surface area contributed by atoms with Crippen molar-refractivity contribution in [1.29, 1.82) is 0 Å². The van der Waals surface area contributed by atoms with Crippen LogP contribution in [0.15, 0.2) is 192 Å². The van der Waals surface area contributed by atoms with E-state index in [9.17, 15) is 13.2 Å². The van der Waals surface area contributed by atoms with Crippen molar-refractivity contribution in [3.63, 3.8) is 0 Å². The third-order valence-electron chi connectivity index (χ3n) is 11.8. The molecule has 272 valence electrons. The molecule has 1 atom stereocenters. The number of hydrogen-bond acceptors (Lipinski definition) is 1. The Morgan fingerprint density at radius 1 is 0.456 bits per heavy atom. The fraction of sp³-hybridized carbons (Fsp3) is 0.0566. The van der Waals surface area contributed by atoms with Crippen molar-refractivity contribution < 1.29 is 17.6 Å². The number of benzene rings is 9. The van der Waals surface area contributed by atoms with Gasteiger partial charge in [0.1, 0.15) is 11.2 Å². The van der Waals surface area contributed by atoms with Gasteiger partial charge in [0.2, 0.25) is 0 Å². The van der Waals surface area contributed by atoms with E-state index in [-0.39, 0.29) is 12.3 Å². The minimum absolute atomic E-state index is 0.200. The second kappa shape index (κ2) is 12.8. The summed E-state index contributed by atoms with van der Waals surface area (Å²) in [5.74, 6) is -0.200. The Kier molecular flexibility index (Phi) is 7.52. The van der Waals surface area contributed by atoms with Crippen LogP contribution in [0.3, 0.4) is 0 Å². The third kappa shape index (κ3) is 5.24. The van der Waals surface area contributed by atoms with Crippen LogP contribution in [0.2, 0.25) is 0 Å². The van der Waals surface area contributed by atoms with Gasteiger partial charge < -0.3 is 4.42 Å². The molecule has 0 fully saturated rings. The molecule has 57 heavy (non-hydrogen) atoms. The van der Waals surface area contributed by atoms with Crippen LogP contribution >= 0.6 is 0 Å². The van der Waals surface area contributed by atoms with Crippen molar-refractivity contribution in [1.82, 2.24) is 0 Å². The molecule has 1 aliphatic rings. The summed E-state index contributed by atoms with van der Waals surface area (Å²) in [6, 6.07) is 57.5. The SMILES string of the molecule is FC(F)(F)C1=CCC(c2c3ccccc3c(-c3cccc4c3oc3ccc(-c5c6ccccc6c(-c6ccccc6)c6ccccc56)cc34)c3ccccc23)C=C1. The lowest BCUT2D eigenvalue weighted by molar-refractivity contribution is -0.0886. The molecule has 0 spiro atoms. The summed E-state index contributed by atoms with van der Waals surface area (Å²) >= 11 is 0. The molecule has 0 aliphatic heterocycles. The quantitative estimate of drug-likeness (QED) is 0.164. The predicted octanol–water partition coefficient (Wildman–Crippen LogP) is 15.7. The fourth-order valence-electron chi connectivity index (χ4n) is 9.40. The molecule has 4 heteroatoms. The number of allylic oxidation sites excluding steroid dienone is 4. The average Bonchev–Trinajstić information content (AvgIpc) is 3.63. The van der Waals surface area contributed by atoms with E-state index in [2.05, 4.69) is 140 Å². The molecule has 0 N–H and O–H groups in total. The summed E-state index contributed by atoms with van der Waals surface area (Å²) in [5.41, 5.74) is 8.82. The first kappa shape index (κ1) is 33.4. The van der Waals surface area contributed by atoms with E-state index in [0.717, 1.165) is 65.7 Å². The molecule has 0 bridgehead atoms. The highest BCUT2D eigenvalue weighted by atomic mass is 19.4. The van der Waals surface area contributed by atoms with Crippen molar-refractivity contribution >= 4 is 65.0 Å². The summed E-state index contributed by atoms with van der Waals surface area (Å²) in [6.07, 6.45) is 0.193. The Hall–Kier alpha value is -6.91. The lowest BCUT2D eigenvalue weighted by Gasteiger charge is -2.23. The number of hydrogen-bond donors (Lipinski definition) is 0. The highest BCUT2D eigenvalue weighted by Crippen LogP contribution is 2.49. The first-order chi connectivity index (χ1) is 27.9.